The van der Waals surface area contributed by atoms with Gasteiger partial charge in [0.05, 0.1) is 37.6 Å². The first-order valence-corrected chi connectivity index (χ1v) is 12.4. The first-order chi connectivity index (χ1) is 18.7. The molecule has 1 atom stereocenters. The van der Waals surface area contributed by atoms with Gasteiger partial charge in [0.2, 0.25) is 5.88 Å². The van der Waals surface area contributed by atoms with E-state index >= 15 is 0 Å². The molecular formula is C28H30FN3O7. The van der Waals surface area contributed by atoms with Gasteiger partial charge in [0.1, 0.15) is 28.6 Å². The summed E-state index contributed by atoms with van der Waals surface area (Å²) in [6.07, 6.45) is -0.656. The van der Waals surface area contributed by atoms with Crippen LogP contribution in [0.25, 0.3) is 11.1 Å². The second kappa shape index (κ2) is 11.5. The molecular weight excluding hydrogens is 509 g/mol. The van der Waals surface area contributed by atoms with E-state index in [-0.39, 0.29) is 59.7 Å². The van der Waals surface area contributed by atoms with E-state index < -0.39 is 29.2 Å². The largest absolute Gasteiger partial charge is 0.506 e. The molecule has 39 heavy (non-hydrogen) atoms. The summed E-state index contributed by atoms with van der Waals surface area (Å²) < 4.78 is 24.8. The number of aromatic hydroxyl groups is 2. The highest BCUT2D eigenvalue weighted by Crippen LogP contribution is 2.47. The Morgan fingerprint density at radius 2 is 1.77 bits per heavy atom. The first kappa shape index (κ1) is 27.5. The number of amides is 2. The number of carbonyl (C=O) groups is 2. The van der Waals surface area contributed by atoms with Crippen molar-refractivity contribution in [1.29, 1.82) is 0 Å². The summed E-state index contributed by atoms with van der Waals surface area (Å²) in [6.45, 7) is 2.02. The molecule has 1 unspecified atom stereocenters. The molecule has 0 aliphatic carbocycles. The molecule has 2 heterocycles. The molecule has 0 spiro atoms. The number of carbonyl (C=O) groups excluding carboxylic acids is 1. The highest BCUT2D eigenvalue weighted by molar-refractivity contribution is 6.02. The predicted molar refractivity (Wildman–Crippen MR) is 140 cm³/mol. The van der Waals surface area contributed by atoms with Crippen molar-refractivity contribution >= 4 is 12.0 Å². The number of aromatic nitrogens is 1. The van der Waals surface area contributed by atoms with Crippen LogP contribution in [0.2, 0.25) is 0 Å². The normalized spacial score (nSPS) is 14.8. The number of methoxy groups -OCH3 is 2. The van der Waals surface area contributed by atoms with E-state index in [0.717, 1.165) is 10.5 Å². The van der Waals surface area contributed by atoms with Crippen LogP contribution in [0.1, 0.15) is 40.9 Å². The summed E-state index contributed by atoms with van der Waals surface area (Å²) in [4.78, 5) is 32.1. The summed E-state index contributed by atoms with van der Waals surface area (Å²) in [7, 11) is 2.84. The Bertz CT molecular complexity index is 1380. The zero-order valence-corrected chi connectivity index (χ0v) is 21.8. The average Bonchev–Trinajstić information content (AvgIpc) is 3.41. The molecule has 11 heteroatoms. The quantitative estimate of drug-likeness (QED) is 0.383. The SMILES string of the molecule is CCN(Cc1nc(O)c(C(=O)N2CCC(c3cccc(F)c3)C2)c(O)c1-c1c(OC)cccc1OC)C(=O)O. The zero-order chi connectivity index (χ0) is 28.3. The third kappa shape index (κ3) is 5.38. The lowest BCUT2D eigenvalue weighted by Crippen LogP contribution is -2.30. The van der Waals surface area contributed by atoms with Crippen LogP contribution < -0.4 is 9.47 Å². The maximum Gasteiger partial charge on any atom is 0.407 e. The maximum atomic E-state index is 13.8. The van der Waals surface area contributed by atoms with Crippen LogP contribution in [0.5, 0.6) is 23.1 Å². The number of hydrogen-bond donors (Lipinski definition) is 3. The van der Waals surface area contributed by atoms with Gasteiger partial charge in [-0.3, -0.25) is 4.79 Å². The van der Waals surface area contributed by atoms with Crippen LogP contribution in [0.4, 0.5) is 9.18 Å². The average molecular weight is 540 g/mol. The van der Waals surface area contributed by atoms with Crippen molar-refractivity contribution in [3.63, 3.8) is 0 Å². The Morgan fingerprint density at radius 3 is 2.36 bits per heavy atom. The van der Waals surface area contributed by atoms with Crippen molar-refractivity contribution in [3.05, 3.63) is 65.1 Å². The molecule has 1 aromatic heterocycles. The molecule has 2 aromatic carbocycles. The van der Waals surface area contributed by atoms with Crippen LogP contribution in [0, 0.1) is 5.82 Å². The number of halogens is 1. The molecule has 0 bridgehead atoms. The van der Waals surface area contributed by atoms with Gasteiger partial charge >= 0.3 is 6.09 Å². The van der Waals surface area contributed by atoms with Crippen molar-refractivity contribution in [3.8, 4) is 34.3 Å². The predicted octanol–water partition coefficient (Wildman–Crippen LogP) is 4.45. The number of pyridine rings is 1. The number of likely N-dealkylation sites (tertiary alicyclic amines) is 1. The molecule has 0 radical (unpaired) electrons. The molecule has 3 aromatic rings. The number of rotatable bonds is 8. The second-order valence-electron chi connectivity index (χ2n) is 9.11. The molecule has 0 saturated carbocycles. The molecule has 4 rings (SSSR count). The highest BCUT2D eigenvalue weighted by Gasteiger charge is 2.35. The topological polar surface area (TPSA) is 133 Å². The molecule has 1 aliphatic heterocycles. The lowest BCUT2D eigenvalue weighted by Gasteiger charge is -2.24. The molecule has 10 nitrogen and oxygen atoms in total. The van der Waals surface area contributed by atoms with Crippen LogP contribution in [0.3, 0.4) is 0 Å². The summed E-state index contributed by atoms with van der Waals surface area (Å²) >= 11 is 0. The highest BCUT2D eigenvalue weighted by atomic mass is 19.1. The summed E-state index contributed by atoms with van der Waals surface area (Å²) in [5, 5.41) is 32.0. The smallest absolute Gasteiger partial charge is 0.407 e. The van der Waals surface area contributed by atoms with Gasteiger partial charge < -0.3 is 34.6 Å². The van der Waals surface area contributed by atoms with Gasteiger partial charge in [0.25, 0.3) is 5.91 Å². The zero-order valence-electron chi connectivity index (χ0n) is 21.8. The number of hydrogen-bond acceptors (Lipinski definition) is 7. The van der Waals surface area contributed by atoms with Crippen molar-refractivity contribution < 1.29 is 38.8 Å². The van der Waals surface area contributed by atoms with Crippen molar-refractivity contribution in [1.82, 2.24) is 14.8 Å². The fraction of sp³-hybridized carbons (Fsp3) is 0.321. The fourth-order valence-corrected chi connectivity index (χ4v) is 4.91. The fourth-order valence-electron chi connectivity index (χ4n) is 4.91. The number of ether oxygens (including phenoxy) is 2. The van der Waals surface area contributed by atoms with Gasteiger partial charge in [0.15, 0.2) is 0 Å². The van der Waals surface area contributed by atoms with Gasteiger partial charge in [-0.05, 0) is 43.2 Å². The lowest BCUT2D eigenvalue weighted by molar-refractivity contribution is 0.0783. The summed E-state index contributed by atoms with van der Waals surface area (Å²) in [5.74, 6) is -1.91. The van der Waals surface area contributed by atoms with Crippen LogP contribution >= 0.6 is 0 Å². The number of carboxylic acid groups (broad SMARTS) is 1. The van der Waals surface area contributed by atoms with E-state index in [1.807, 2.05) is 0 Å². The van der Waals surface area contributed by atoms with Gasteiger partial charge in [-0.2, -0.15) is 0 Å². The van der Waals surface area contributed by atoms with E-state index in [2.05, 4.69) is 4.98 Å². The molecule has 1 fully saturated rings. The monoisotopic (exact) mass is 539 g/mol. The molecule has 3 N–H and O–H groups in total. The number of benzene rings is 2. The Labute approximate surface area is 224 Å². The third-order valence-electron chi connectivity index (χ3n) is 6.91. The maximum absolute atomic E-state index is 13.8. The standard InChI is InChI=1S/C28H30FN3O7/c1-4-31(28(36)37)15-19-22(23-20(38-2)9-6-10-21(23)39-3)25(33)24(26(34)30-19)27(35)32-12-11-17(14-32)16-7-5-8-18(29)13-16/h5-10,13,17H,4,11-12,14-15H2,1-3H3,(H,36,37)(H2,30,33,34). The minimum Gasteiger partial charge on any atom is -0.506 e. The molecule has 206 valence electrons. The van der Waals surface area contributed by atoms with E-state index in [0.29, 0.717) is 13.0 Å². The lowest BCUT2D eigenvalue weighted by atomic mass is 9.97. The van der Waals surface area contributed by atoms with Crippen molar-refractivity contribution in [2.24, 2.45) is 0 Å². The Kier molecular flexibility index (Phi) is 8.08. The minimum absolute atomic E-state index is 0.00558. The van der Waals surface area contributed by atoms with Gasteiger partial charge in [-0.1, -0.05) is 18.2 Å². The Hall–Kier alpha value is -4.54. The first-order valence-electron chi connectivity index (χ1n) is 12.4. The summed E-state index contributed by atoms with van der Waals surface area (Å²) in [6, 6.07) is 11.1. The Morgan fingerprint density at radius 1 is 1.10 bits per heavy atom. The van der Waals surface area contributed by atoms with E-state index in [9.17, 15) is 29.3 Å². The van der Waals surface area contributed by atoms with Crippen molar-refractivity contribution in [2.45, 2.75) is 25.8 Å². The second-order valence-corrected chi connectivity index (χ2v) is 9.11. The molecule has 2 amide bonds. The van der Waals surface area contributed by atoms with Gasteiger partial charge in [-0.25, -0.2) is 14.2 Å². The van der Waals surface area contributed by atoms with Gasteiger partial charge in [-0.15, -0.1) is 0 Å². The van der Waals surface area contributed by atoms with E-state index in [1.54, 1.807) is 37.3 Å². The van der Waals surface area contributed by atoms with Gasteiger partial charge in [0, 0.05) is 25.6 Å². The minimum atomic E-state index is -1.23. The van der Waals surface area contributed by atoms with Crippen molar-refractivity contribution in [2.75, 3.05) is 33.9 Å². The molecule has 1 aliphatic rings. The van der Waals surface area contributed by atoms with Crippen LogP contribution in [-0.4, -0.2) is 76.0 Å². The number of nitrogens with zero attached hydrogens (tertiary/aromatic N) is 3. The van der Waals surface area contributed by atoms with Crippen LogP contribution in [-0.2, 0) is 6.54 Å². The van der Waals surface area contributed by atoms with E-state index in [4.69, 9.17) is 9.47 Å². The van der Waals surface area contributed by atoms with E-state index in [1.165, 1.54) is 31.3 Å². The summed E-state index contributed by atoms with van der Waals surface area (Å²) in [5.41, 5.74) is 0.579. The third-order valence-corrected chi connectivity index (χ3v) is 6.91. The van der Waals surface area contributed by atoms with Crippen LogP contribution in [0.15, 0.2) is 42.5 Å². The Balaban J connectivity index is 1.83. The molecule has 1 saturated heterocycles.